The maximum absolute atomic E-state index is 12.5. The van der Waals surface area contributed by atoms with Crippen LogP contribution in [0.25, 0.3) is 0 Å². The van der Waals surface area contributed by atoms with Crippen molar-refractivity contribution in [3.63, 3.8) is 0 Å². The van der Waals surface area contributed by atoms with Gasteiger partial charge in [0.2, 0.25) is 5.91 Å². The van der Waals surface area contributed by atoms with E-state index in [1.165, 1.54) is 5.56 Å². The first-order chi connectivity index (χ1) is 12.3. The van der Waals surface area contributed by atoms with Gasteiger partial charge in [0.05, 0.1) is 0 Å². The highest BCUT2D eigenvalue weighted by Gasteiger charge is 2.30. The summed E-state index contributed by atoms with van der Waals surface area (Å²) in [5, 5.41) is 3.11. The van der Waals surface area contributed by atoms with Gasteiger partial charge in [-0.05, 0) is 45.6 Å². The average Bonchev–Trinajstić information content (AvgIpc) is 2.61. The summed E-state index contributed by atoms with van der Waals surface area (Å²) in [6.45, 7) is 9.53. The highest BCUT2D eigenvalue weighted by atomic mass is 16.6. The third-order valence-corrected chi connectivity index (χ3v) is 4.80. The monoisotopic (exact) mass is 360 g/mol. The molecule has 2 amide bonds. The molecule has 1 aliphatic rings. The maximum Gasteiger partial charge on any atom is 0.410 e. The van der Waals surface area contributed by atoms with E-state index < -0.39 is 5.60 Å². The number of nitrogens with zero attached hydrogens (tertiary/aromatic N) is 1. The van der Waals surface area contributed by atoms with Crippen LogP contribution in [0.1, 0.15) is 58.4 Å². The Morgan fingerprint density at radius 1 is 1.19 bits per heavy atom. The van der Waals surface area contributed by atoms with Crippen LogP contribution in [-0.4, -0.2) is 42.1 Å². The highest BCUT2D eigenvalue weighted by Crippen LogP contribution is 2.21. The first-order valence-corrected chi connectivity index (χ1v) is 9.60. The molecule has 26 heavy (non-hydrogen) atoms. The summed E-state index contributed by atoms with van der Waals surface area (Å²) >= 11 is 0. The van der Waals surface area contributed by atoms with E-state index in [1.54, 1.807) is 4.90 Å². The number of amides is 2. The van der Waals surface area contributed by atoms with Gasteiger partial charge < -0.3 is 15.0 Å². The van der Waals surface area contributed by atoms with Gasteiger partial charge in [0, 0.05) is 31.5 Å². The van der Waals surface area contributed by atoms with Gasteiger partial charge in [-0.2, -0.15) is 0 Å². The molecule has 0 spiro atoms. The number of carbonyl (C=O) groups excluding carboxylic acids is 2. The summed E-state index contributed by atoms with van der Waals surface area (Å²) in [6.07, 6.45) is 2.08. The van der Waals surface area contributed by atoms with Crippen LogP contribution in [0.2, 0.25) is 0 Å². The minimum Gasteiger partial charge on any atom is -0.444 e. The van der Waals surface area contributed by atoms with Crippen molar-refractivity contribution in [3.05, 3.63) is 35.9 Å². The summed E-state index contributed by atoms with van der Waals surface area (Å²) < 4.78 is 5.40. The molecule has 5 nitrogen and oxygen atoms in total. The highest BCUT2D eigenvalue weighted by molar-refractivity contribution is 5.79. The minimum absolute atomic E-state index is 0.0260. The summed E-state index contributed by atoms with van der Waals surface area (Å²) in [4.78, 5) is 26.3. The molecule has 5 heteroatoms. The molecule has 1 aliphatic heterocycles. The second-order valence-electron chi connectivity index (χ2n) is 8.00. The summed E-state index contributed by atoms with van der Waals surface area (Å²) in [5.74, 6) is 0.409. The number of benzene rings is 1. The van der Waals surface area contributed by atoms with Crippen molar-refractivity contribution in [2.24, 2.45) is 5.92 Å². The van der Waals surface area contributed by atoms with Gasteiger partial charge in [-0.3, -0.25) is 4.79 Å². The van der Waals surface area contributed by atoms with Crippen LogP contribution < -0.4 is 5.32 Å². The average molecular weight is 360 g/mol. The molecule has 0 bridgehead atoms. The van der Waals surface area contributed by atoms with Crippen LogP contribution in [0.3, 0.4) is 0 Å². The van der Waals surface area contributed by atoms with Gasteiger partial charge in [0.15, 0.2) is 0 Å². The Morgan fingerprint density at radius 2 is 1.81 bits per heavy atom. The quantitative estimate of drug-likeness (QED) is 0.865. The molecule has 1 unspecified atom stereocenters. The smallest absolute Gasteiger partial charge is 0.410 e. The fraction of sp³-hybridized carbons (Fsp3) is 0.619. The van der Waals surface area contributed by atoms with Gasteiger partial charge in [-0.1, -0.05) is 37.3 Å². The van der Waals surface area contributed by atoms with Crippen LogP contribution in [0.4, 0.5) is 4.79 Å². The number of ether oxygens (including phenoxy) is 1. The SMILES string of the molecule is CCC(CNC(=O)C1CCN(C(=O)OC(C)(C)C)CC1)c1ccccc1. The molecule has 2 rings (SSSR count). The molecule has 1 aromatic rings. The molecular formula is C21H32N2O3. The summed E-state index contributed by atoms with van der Waals surface area (Å²) in [5.41, 5.74) is 0.771. The van der Waals surface area contributed by atoms with Gasteiger partial charge >= 0.3 is 6.09 Å². The number of hydrogen-bond acceptors (Lipinski definition) is 3. The number of carbonyl (C=O) groups is 2. The Labute approximate surface area is 157 Å². The fourth-order valence-electron chi connectivity index (χ4n) is 3.24. The van der Waals surface area contributed by atoms with Crippen LogP contribution >= 0.6 is 0 Å². The lowest BCUT2D eigenvalue weighted by atomic mass is 9.94. The van der Waals surface area contributed by atoms with Crippen molar-refractivity contribution in [1.29, 1.82) is 0 Å². The zero-order valence-electron chi connectivity index (χ0n) is 16.5. The Hall–Kier alpha value is -2.04. The van der Waals surface area contributed by atoms with Crippen molar-refractivity contribution in [1.82, 2.24) is 10.2 Å². The molecule has 0 aromatic heterocycles. The predicted octanol–water partition coefficient (Wildman–Crippen LogP) is 3.94. The predicted molar refractivity (Wildman–Crippen MR) is 103 cm³/mol. The van der Waals surface area contributed by atoms with E-state index in [9.17, 15) is 9.59 Å². The first kappa shape index (κ1) is 20.3. The van der Waals surface area contributed by atoms with E-state index in [2.05, 4.69) is 24.4 Å². The van der Waals surface area contributed by atoms with E-state index in [4.69, 9.17) is 4.74 Å². The molecule has 144 valence electrons. The van der Waals surface area contributed by atoms with E-state index in [0.29, 0.717) is 38.4 Å². The van der Waals surface area contributed by atoms with Crippen molar-refractivity contribution >= 4 is 12.0 Å². The first-order valence-electron chi connectivity index (χ1n) is 9.60. The summed E-state index contributed by atoms with van der Waals surface area (Å²) in [7, 11) is 0. The molecule has 1 heterocycles. The Bertz CT molecular complexity index is 587. The Kier molecular flexibility index (Phi) is 7.06. The van der Waals surface area contributed by atoms with E-state index >= 15 is 0 Å². The fourth-order valence-corrected chi connectivity index (χ4v) is 3.24. The lowest BCUT2D eigenvalue weighted by Crippen LogP contribution is -2.45. The third kappa shape index (κ3) is 6.04. The topological polar surface area (TPSA) is 58.6 Å². The van der Waals surface area contributed by atoms with Crippen molar-refractivity contribution in [2.45, 2.75) is 58.5 Å². The molecular weight excluding hydrogens is 328 g/mol. The van der Waals surface area contributed by atoms with Crippen LogP contribution in [0.15, 0.2) is 30.3 Å². The molecule has 1 saturated heterocycles. The maximum atomic E-state index is 12.5. The standard InChI is InChI=1S/C21H32N2O3/c1-5-16(17-9-7-6-8-10-17)15-22-19(24)18-11-13-23(14-12-18)20(25)26-21(2,3)4/h6-10,16,18H,5,11-15H2,1-4H3,(H,22,24). The van der Waals surface area contributed by atoms with Crippen LogP contribution in [0, 0.1) is 5.92 Å². The van der Waals surface area contributed by atoms with Crippen LogP contribution in [-0.2, 0) is 9.53 Å². The third-order valence-electron chi connectivity index (χ3n) is 4.80. The Balaban J connectivity index is 1.78. The minimum atomic E-state index is -0.488. The second kappa shape index (κ2) is 9.06. The van der Waals surface area contributed by atoms with Crippen molar-refractivity contribution < 1.29 is 14.3 Å². The molecule has 0 saturated carbocycles. The van der Waals surface area contributed by atoms with E-state index in [1.807, 2.05) is 39.0 Å². The van der Waals surface area contributed by atoms with Crippen molar-refractivity contribution in [2.75, 3.05) is 19.6 Å². The van der Waals surface area contributed by atoms with E-state index in [0.717, 1.165) is 6.42 Å². The molecule has 1 N–H and O–H groups in total. The normalized spacial score (nSPS) is 16.8. The molecule has 1 fully saturated rings. The van der Waals surface area contributed by atoms with Gasteiger partial charge in [-0.15, -0.1) is 0 Å². The van der Waals surface area contributed by atoms with Gasteiger partial charge in [0.25, 0.3) is 0 Å². The molecule has 1 aromatic carbocycles. The number of rotatable bonds is 5. The number of piperidine rings is 1. The lowest BCUT2D eigenvalue weighted by Gasteiger charge is -2.33. The lowest BCUT2D eigenvalue weighted by molar-refractivity contribution is -0.126. The number of likely N-dealkylation sites (tertiary alicyclic amines) is 1. The molecule has 1 atom stereocenters. The van der Waals surface area contributed by atoms with Gasteiger partial charge in [-0.25, -0.2) is 4.79 Å². The van der Waals surface area contributed by atoms with Crippen LogP contribution in [0.5, 0.6) is 0 Å². The number of hydrogen-bond donors (Lipinski definition) is 1. The largest absolute Gasteiger partial charge is 0.444 e. The summed E-state index contributed by atoms with van der Waals surface area (Å²) in [6, 6.07) is 10.3. The Morgan fingerprint density at radius 3 is 2.35 bits per heavy atom. The second-order valence-corrected chi connectivity index (χ2v) is 8.00. The zero-order valence-corrected chi connectivity index (χ0v) is 16.5. The molecule has 0 radical (unpaired) electrons. The van der Waals surface area contributed by atoms with Gasteiger partial charge in [0.1, 0.15) is 5.60 Å². The van der Waals surface area contributed by atoms with Crippen molar-refractivity contribution in [3.8, 4) is 0 Å². The number of nitrogens with one attached hydrogen (secondary N) is 1. The van der Waals surface area contributed by atoms with E-state index in [-0.39, 0.29) is 17.9 Å². The zero-order chi connectivity index (χ0) is 19.2. The molecule has 0 aliphatic carbocycles.